The van der Waals surface area contributed by atoms with Crippen LogP contribution in [0.15, 0.2) is 53.6 Å². The van der Waals surface area contributed by atoms with Crippen LogP contribution in [0, 0.1) is 0 Å². The molecule has 0 heterocycles. The molecule has 0 saturated carbocycles. The van der Waals surface area contributed by atoms with Crippen molar-refractivity contribution >= 4 is 31.4 Å². The Morgan fingerprint density at radius 2 is 1.61 bits per heavy atom. The molecule has 1 atom stereocenters. The maximum atomic E-state index is 10.6. The van der Waals surface area contributed by atoms with Crippen LogP contribution in [0.1, 0.15) is 15.9 Å². The van der Waals surface area contributed by atoms with Crippen molar-refractivity contribution in [3.05, 3.63) is 59.7 Å². The Morgan fingerprint density at radius 3 is 2.17 bits per heavy atom. The monoisotopic (exact) mass is 347 g/mol. The van der Waals surface area contributed by atoms with E-state index in [4.69, 9.17) is 21.1 Å². The van der Waals surface area contributed by atoms with Gasteiger partial charge in [0.2, 0.25) is 11.8 Å². The number of hydrogen-bond acceptors (Lipinski definition) is 5. The van der Waals surface area contributed by atoms with Crippen molar-refractivity contribution < 1.29 is 14.1 Å². The third kappa shape index (κ3) is 5.13. The van der Waals surface area contributed by atoms with Gasteiger partial charge in [0.05, 0.1) is 20.4 Å². The number of ether oxygens (including phenoxy) is 1. The average Bonchev–Trinajstić information content (AvgIpc) is 2.60. The standard InChI is InChI=1S/C16H16N2O3PS/c1-18(17-11-13-3-7-15(20-2)8-4-13)22(23)21-16-9-5-14(12-19)6-10-16/h3-12H,1-2H3/q+1/b17-11+. The fraction of sp³-hybridized carbons (Fsp3) is 0.125. The van der Waals surface area contributed by atoms with Crippen LogP contribution >= 0.6 is 7.07 Å². The van der Waals surface area contributed by atoms with Gasteiger partial charge in [-0.25, -0.2) is 0 Å². The predicted octanol–water partition coefficient (Wildman–Crippen LogP) is 3.63. The number of carbonyl (C=O) groups excluding carboxylic acids is 1. The second-order valence-corrected chi connectivity index (χ2v) is 6.70. The number of carbonyl (C=O) groups is 1. The first-order chi connectivity index (χ1) is 11.1. The number of rotatable bonds is 7. The first kappa shape index (κ1) is 17.1. The van der Waals surface area contributed by atoms with E-state index < -0.39 is 7.07 Å². The fourth-order valence-corrected chi connectivity index (χ4v) is 2.58. The van der Waals surface area contributed by atoms with E-state index in [9.17, 15) is 4.79 Å². The van der Waals surface area contributed by atoms with Gasteiger partial charge in [-0.15, -0.1) is 5.10 Å². The molecule has 0 aliphatic rings. The van der Waals surface area contributed by atoms with Gasteiger partial charge in [-0.2, -0.15) is 0 Å². The molecule has 1 unspecified atom stereocenters. The zero-order valence-corrected chi connectivity index (χ0v) is 14.5. The Bertz CT molecular complexity index is 702. The molecule has 0 N–H and O–H groups in total. The summed E-state index contributed by atoms with van der Waals surface area (Å²) in [6.07, 6.45) is 2.49. The van der Waals surface area contributed by atoms with Gasteiger partial charge in [0.1, 0.15) is 12.0 Å². The van der Waals surface area contributed by atoms with Crippen LogP contribution < -0.4 is 9.26 Å². The SMILES string of the molecule is COc1ccc(/C=N/N(C)[P+](=S)Oc2ccc(C=O)cc2)cc1. The number of aldehydes is 1. The highest BCUT2D eigenvalue weighted by Gasteiger charge is 2.20. The molecule has 23 heavy (non-hydrogen) atoms. The highest BCUT2D eigenvalue weighted by Crippen LogP contribution is 2.30. The van der Waals surface area contributed by atoms with E-state index in [-0.39, 0.29) is 0 Å². The van der Waals surface area contributed by atoms with Crippen molar-refractivity contribution in [2.45, 2.75) is 0 Å². The Hall–Kier alpha value is -2.30. The van der Waals surface area contributed by atoms with Crippen LogP contribution in [0.25, 0.3) is 0 Å². The van der Waals surface area contributed by atoms with Crippen LogP contribution in [-0.4, -0.2) is 31.4 Å². The van der Waals surface area contributed by atoms with E-state index in [0.717, 1.165) is 17.6 Å². The quantitative estimate of drug-likeness (QED) is 0.331. The maximum absolute atomic E-state index is 10.6. The molecule has 0 fully saturated rings. The fourth-order valence-electron chi connectivity index (χ4n) is 1.64. The van der Waals surface area contributed by atoms with Gasteiger partial charge in [-0.3, -0.25) is 9.32 Å². The summed E-state index contributed by atoms with van der Waals surface area (Å²) in [5, 5.41) is 4.29. The summed E-state index contributed by atoms with van der Waals surface area (Å²) in [7, 11) is 2.06. The second-order valence-electron chi connectivity index (χ2n) is 4.52. The molecule has 7 heteroatoms. The van der Waals surface area contributed by atoms with Gasteiger partial charge in [-0.1, -0.05) is 4.78 Å². The molecule has 2 aromatic carbocycles. The Kier molecular flexibility index (Phi) is 6.20. The van der Waals surface area contributed by atoms with Crippen LogP contribution in [0.5, 0.6) is 11.5 Å². The van der Waals surface area contributed by atoms with Gasteiger partial charge in [0.25, 0.3) is 0 Å². The minimum Gasteiger partial charge on any atom is -0.497 e. The van der Waals surface area contributed by atoms with Gasteiger partial charge in [0, 0.05) is 5.56 Å². The molecular weight excluding hydrogens is 331 g/mol. The molecule has 0 amide bonds. The van der Waals surface area contributed by atoms with Gasteiger partial charge < -0.3 is 4.74 Å². The van der Waals surface area contributed by atoms with Crippen molar-refractivity contribution in [2.24, 2.45) is 5.10 Å². The highest BCUT2D eigenvalue weighted by molar-refractivity contribution is 8.02. The van der Waals surface area contributed by atoms with Gasteiger partial charge in [0.15, 0.2) is 5.75 Å². The normalized spacial score (nSPS) is 11.1. The van der Waals surface area contributed by atoms with Crippen molar-refractivity contribution in [2.75, 3.05) is 14.2 Å². The zero-order valence-electron chi connectivity index (χ0n) is 12.7. The Morgan fingerprint density at radius 1 is 1.04 bits per heavy atom. The summed E-state index contributed by atoms with van der Waals surface area (Å²) >= 11 is 5.32. The number of benzene rings is 2. The van der Waals surface area contributed by atoms with Crippen molar-refractivity contribution in [1.82, 2.24) is 4.78 Å². The second kappa shape index (κ2) is 8.36. The molecule has 2 rings (SSSR count). The molecule has 0 radical (unpaired) electrons. The molecule has 0 aliphatic heterocycles. The number of hydrogen-bond donors (Lipinski definition) is 0. The minimum atomic E-state index is -1.33. The van der Waals surface area contributed by atoms with Crippen molar-refractivity contribution in [1.29, 1.82) is 0 Å². The Balaban J connectivity index is 1.95. The summed E-state index contributed by atoms with van der Waals surface area (Å²) in [5.74, 6) is 1.41. The number of nitrogens with zero attached hydrogens (tertiary/aromatic N) is 2. The zero-order chi connectivity index (χ0) is 16.7. The molecule has 0 spiro atoms. The lowest BCUT2D eigenvalue weighted by atomic mass is 10.2. The Labute approximate surface area is 141 Å². The molecule has 2 aromatic rings. The molecular formula is C16H16N2O3PS+. The van der Waals surface area contributed by atoms with Gasteiger partial charge in [-0.05, 0) is 54.1 Å². The third-order valence-corrected chi connectivity index (χ3v) is 4.80. The topological polar surface area (TPSA) is 51.1 Å². The molecule has 5 nitrogen and oxygen atoms in total. The molecule has 0 aliphatic carbocycles. The summed E-state index contributed by atoms with van der Waals surface area (Å²) in [6, 6.07) is 14.3. The van der Waals surface area contributed by atoms with E-state index >= 15 is 0 Å². The van der Waals surface area contributed by atoms with E-state index in [0.29, 0.717) is 11.3 Å². The highest BCUT2D eigenvalue weighted by atomic mass is 32.4. The largest absolute Gasteiger partial charge is 0.540 e. The summed E-state index contributed by atoms with van der Waals surface area (Å²) in [4.78, 5) is 10.6. The van der Waals surface area contributed by atoms with Crippen molar-refractivity contribution in [3.8, 4) is 11.5 Å². The first-order valence-electron chi connectivity index (χ1n) is 6.74. The first-order valence-corrected chi connectivity index (χ1v) is 8.97. The van der Waals surface area contributed by atoms with Gasteiger partial charge >= 0.3 is 7.07 Å². The van der Waals surface area contributed by atoms with Crippen LogP contribution in [-0.2, 0) is 11.8 Å². The molecule has 0 bridgehead atoms. The smallest absolute Gasteiger partial charge is 0.497 e. The van der Waals surface area contributed by atoms with E-state index in [1.807, 2.05) is 24.3 Å². The maximum Gasteiger partial charge on any atom is 0.540 e. The van der Waals surface area contributed by atoms with Crippen LogP contribution in [0.3, 0.4) is 0 Å². The summed E-state index contributed by atoms with van der Waals surface area (Å²) in [5.41, 5.74) is 1.53. The van der Waals surface area contributed by atoms with E-state index in [2.05, 4.69) is 5.10 Å². The summed E-state index contributed by atoms with van der Waals surface area (Å²) < 4.78 is 12.4. The number of methoxy groups -OCH3 is 1. The predicted molar refractivity (Wildman–Crippen MR) is 95.1 cm³/mol. The van der Waals surface area contributed by atoms with Crippen molar-refractivity contribution in [3.63, 3.8) is 0 Å². The number of hydrazone groups is 1. The summed E-state index contributed by atoms with van der Waals surface area (Å²) in [6.45, 7) is 0. The molecule has 0 aromatic heterocycles. The lowest BCUT2D eigenvalue weighted by Gasteiger charge is -2.02. The van der Waals surface area contributed by atoms with Crippen LogP contribution in [0.4, 0.5) is 0 Å². The lowest BCUT2D eigenvalue weighted by molar-refractivity contribution is 0.112. The van der Waals surface area contributed by atoms with E-state index in [1.54, 1.807) is 49.4 Å². The third-order valence-electron chi connectivity index (χ3n) is 2.93. The molecule has 118 valence electrons. The molecule has 0 saturated heterocycles. The lowest BCUT2D eigenvalue weighted by Crippen LogP contribution is -2.03. The average molecular weight is 347 g/mol. The van der Waals surface area contributed by atoms with Crippen LogP contribution in [0.2, 0.25) is 0 Å². The van der Waals surface area contributed by atoms with E-state index in [1.165, 1.54) is 0 Å². The minimum absolute atomic E-state index is 0.594.